The first-order chi connectivity index (χ1) is 10.3. The first-order valence-corrected chi connectivity index (χ1v) is 6.27. The van der Waals surface area contributed by atoms with Crippen LogP contribution >= 0.6 is 0 Å². The highest BCUT2D eigenvalue weighted by Gasteiger charge is 2.12. The molecule has 1 unspecified atom stereocenters. The molecule has 0 saturated carbocycles. The van der Waals surface area contributed by atoms with Crippen molar-refractivity contribution in [3.05, 3.63) is 48.0 Å². The quantitative estimate of drug-likeness (QED) is 0.466. The zero-order valence-corrected chi connectivity index (χ0v) is 11.5. The predicted molar refractivity (Wildman–Crippen MR) is 78.9 cm³/mol. The molecule has 0 aromatic heterocycles. The molecule has 0 bridgehead atoms. The Bertz CT molecular complexity index is 626. The molecule has 0 spiro atoms. The fourth-order valence-electron chi connectivity index (χ4n) is 1.53. The number of carboxylic acid groups (broad SMARTS) is 1. The van der Waals surface area contributed by atoms with Gasteiger partial charge >= 0.3 is 5.97 Å². The molecule has 1 atom stereocenters. The van der Waals surface area contributed by atoms with Crippen LogP contribution in [0.1, 0.15) is 5.56 Å². The standard InChI is InChI=1S/C9H11NO4.C6H6O2/c10-6(9(13)14)3-5-1-2-7(11)8(12)4-5;7-5-2-1-3-6(8)4-5/h1-2,4,6,11-12H,3,10H2,(H,13,14);1-4,7-8H. The number of aromatic hydroxyl groups is 4. The maximum Gasteiger partial charge on any atom is 0.320 e. The molecular formula is C15H17NO6. The van der Waals surface area contributed by atoms with E-state index in [1.54, 1.807) is 6.07 Å². The topological polar surface area (TPSA) is 144 Å². The van der Waals surface area contributed by atoms with Gasteiger partial charge in [-0.3, -0.25) is 4.79 Å². The van der Waals surface area contributed by atoms with Crippen LogP contribution < -0.4 is 5.73 Å². The molecule has 7 nitrogen and oxygen atoms in total. The first-order valence-electron chi connectivity index (χ1n) is 6.27. The number of aliphatic carboxylic acids is 1. The van der Waals surface area contributed by atoms with E-state index < -0.39 is 12.0 Å². The number of phenolic OH excluding ortho intramolecular Hbond substituents is 4. The van der Waals surface area contributed by atoms with Gasteiger partial charge in [-0.2, -0.15) is 0 Å². The number of benzene rings is 2. The van der Waals surface area contributed by atoms with Crippen molar-refractivity contribution in [1.29, 1.82) is 0 Å². The van der Waals surface area contributed by atoms with Gasteiger partial charge in [0.1, 0.15) is 17.5 Å². The molecule has 0 aliphatic carbocycles. The first kappa shape index (κ1) is 17.1. The minimum Gasteiger partial charge on any atom is -0.508 e. The number of nitrogens with two attached hydrogens (primary N) is 1. The van der Waals surface area contributed by atoms with E-state index >= 15 is 0 Å². The summed E-state index contributed by atoms with van der Waals surface area (Å²) in [5, 5.41) is 43.9. The summed E-state index contributed by atoms with van der Waals surface area (Å²) in [6.45, 7) is 0. The zero-order valence-electron chi connectivity index (χ0n) is 11.5. The van der Waals surface area contributed by atoms with Crippen molar-refractivity contribution in [3.8, 4) is 23.0 Å². The molecule has 22 heavy (non-hydrogen) atoms. The average Bonchev–Trinajstić information content (AvgIpc) is 2.43. The van der Waals surface area contributed by atoms with Crippen LogP contribution in [0.5, 0.6) is 23.0 Å². The molecule has 0 heterocycles. The second-order valence-electron chi connectivity index (χ2n) is 4.49. The third-order valence-electron chi connectivity index (χ3n) is 2.64. The van der Waals surface area contributed by atoms with E-state index in [1.807, 2.05) is 0 Å². The maximum atomic E-state index is 10.4. The van der Waals surface area contributed by atoms with Crippen LogP contribution in [0.15, 0.2) is 42.5 Å². The van der Waals surface area contributed by atoms with E-state index in [1.165, 1.54) is 36.4 Å². The molecule has 2 rings (SSSR count). The third kappa shape index (κ3) is 5.59. The van der Waals surface area contributed by atoms with Gasteiger partial charge in [-0.05, 0) is 36.2 Å². The predicted octanol–water partition coefficient (Wildman–Crippen LogP) is 1.15. The molecule has 0 fully saturated rings. The average molecular weight is 307 g/mol. The fraction of sp³-hybridized carbons (Fsp3) is 0.133. The van der Waals surface area contributed by atoms with Gasteiger partial charge in [0.15, 0.2) is 11.5 Å². The van der Waals surface area contributed by atoms with Crippen molar-refractivity contribution in [2.75, 3.05) is 0 Å². The Hall–Kier alpha value is -2.93. The molecule has 0 radical (unpaired) electrons. The lowest BCUT2D eigenvalue weighted by atomic mass is 10.1. The molecule has 7 N–H and O–H groups in total. The van der Waals surface area contributed by atoms with Gasteiger partial charge in [0.25, 0.3) is 0 Å². The van der Waals surface area contributed by atoms with Crippen LogP contribution in [0.2, 0.25) is 0 Å². The zero-order chi connectivity index (χ0) is 16.7. The maximum absolute atomic E-state index is 10.4. The smallest absolute Gasteiger partial charge is 0.320 e. The molecule has 2 aromatic carbocycles. The summed E-state index contributed by atoms with van der Waals surface area (Å²) in [5.74, 6) is -1.44. The summed E-state index contributed by atoms with van der Waals surface area (Å²) in [7, 11) is 0. The van der Waals surface area contributed by atoms with E-state index in [4.69, 9.17) is 31.3 Å². The Kier molecular flexibility index (Phi) is 6.03. The second kappa shape index (κ2) is 7.75. The minimum absolute atomic E-state index is 0.0880. The molecule has 0 saturated heterocycles. The van der Waals surface area contributed by atoms with Crippen LogP contribution in [-0.2, 0) is 11.2 Å². The molecule has 0 amide bonds. The summed E-state index contributed by atoms with van der Waals surface area (Å²) >= 11 is 0. The monoisotopic (exact) mass is 307 g/mol. The Balaban J connectivity index is 0.000000255. The number of hydrogen-bond donors (Lipinski definition) is 6. The summed E-state index contributed by atoms with van der Waals surface area (Å²) in [6.07, 6.45) is 0.114. The SMILES string of the molecule is NC(Cc1ccc(O)c(O)c1)C(=O)O.Oc1cccc(O)c1. The van der Waals surface area contributed by atoms with Crippen molar-refractivity contribution in [2.24, 2.45) is 5.73 Å². The Morgan fingerprint density at radius 1 is 0.955 bits per heavy atom. The second-order valence-corrected chi connectivity index (χ2v) is 4.49. The van der Waals surface area contributed by atoms with Crippen LogP contribution in [0.3, 0.4) is 0 Å². The molecule has 0 aliphatic heterocycles. The molecule has 118 valence electrons. The van der Waals surface area contributed by atoms with Gasteiger partial charge in [0.2, 0.25) is 0 Å². The molecular weight excluding hydrogens is 290 g/mol. The fourth-order valence-corrected chi connectivity index (χ4v) is 1.53. The third-order valence-corrected chi connectivity index (χ3v) is 2.64. The van der Waals surface area contributed by atoms with Crippen molar-refractivity contribution >= 4 is 5.97 Å². The van der Waals surface area contributed by atoms with Crippen molar-refractivity contribution in [1.82, 2.24) is 0 Å². The van der Waals surface area contributed by atoms with Gasteiger partial charge in [-0.25, -0.2) is 0 Å². The molecule has 7 heteroatoms. The van der Waals surface area contributed by atoms with E-state index in [2.05, 4.69) is 0 Å². The van der Waals surface area contributed by atoms with Gasteiger partial charge in [0, 0.05) is 6.07 Å². The number of phenols is 4. The van der Waals surface area contributed by atoms with Crippen LogP contribution in [0.4, 0.5) is 0 Å². The highest BCUT2D eigenvalue weighted by atomic mass is 16.4. The van der Waals surface area contributed by atoms with Crippen molar-refractivity contribution in [3.63, 3.8) is 0 Å². The highest BCUT2D eigenvalue weighted by molar-refractivity contribution is 5.73. The van der Waals surface area contributed by atoms with E-state index in [9.17, 15) is 4.79 Å². The largest absolute Gasteiger partial charge is 0.508 e. The summed E-state index contributed by atoms with van der Waals surface area (Å²) < 4.78 is 0. The van der Waals surface area contributed by atoms with Gasteiger partial charge in [-0.1, -0.05) is 12.1 Å². The van der Waals surface area contributed by atoms with Crippen molar-refractivity contribution in [2.45, 2.75) is 12.5 Å². The summed E-state index contributed by atoms with van der Waals surface area (Å²) in [5.41, 5.74) is 5.86. The Morgan fingerprint density at radius 2 is 1.55 bits per heavy atom. The summed E-state index contributed by atoms with van der Waals surface area (Å²) in [6, 6.07) is 8.94. The summed E-state index contributed by atoms with van der Waals surface area (Å²) in [4.78, 5) is 10.4. The normalized spacial score (nSPS) is 11.1. The van der Waals surface area contributed by atoms with Crippen molar-refractivity contribution < 1.29 is 30.3 Å². The van der Waals surface area contributed by atoms with Crippen LogP contribution in [0, 0.1) is 0 Å². The number of carboxylic acids is 1. The number of carbonyl (C=O) groups is 1. The molecule has 0 aliphatic rings. The lowest BCUT2D eigenvalue weighted by molar-refractivity contribution is -0.138. The Morgan fingerprint density at radius 3 is 1.95 bits per heavy atom. The van der Waals surface area contributed by atoms with Crippen LogP contribution in [-0.4, -0.2) is 37.5 Å². The lowest BCUT2D eigenvalue weighted by Crippen LogP contribution is -2.32. The minimum atomic E-state index is -1.10. The highest BCUT2D eigenvalue weighted by Crippen LogP contribution is 2.25. The van der Waals surface area contributed by atoms with E-state index in [0.29, 0.717) is 5.56 Å². The molecule has 2 aromatic rings. The lowest BCUT2D eigenvalue weighted by Gasteiger charge is -2.06. The van der Waals surface area contributed by atoms with E-state index in [0.717, 1.165) is 0 Å². The number of hydrogen-bond acceptors (Lipinski definition) is 6. The van der Waals surface area contributed by atoms with Gasteiger partial charge in [0.05, 0.1) is 0 Å². The van der Waals surface area contributed by atoms with E-state index in [-0.39, 0.29) is 29.4 Å². The van der Waals surface area contributed by atoms with Gasteiger partial charge < -0.3 is 31.3 Å². The van der Waals surface area contributed by atoms with Gasteiger partial charge in [-0.15, -0.1) is 0 Å². The number of rotatable bonds is 3. The van der Waals surface area contributed by atoms with Crippen LogP contribution in [0.25, 0.3) is 0 Å². The Labute approximate surface area is 126 Å².